The van der Waals surface area contributed by atoms with Gasteiger partial charge in [0, 0.05) is 47.0 Å². The summed E-state index contributed by atoms with van der Waals surface area (Å²) >= 11 is 0. The molecule has 0 aliphatic rings. The lowest BCUT2D eigenvalue weighted by Gasteiger charge is -2.18. The summed E-state index contributed by atoms with van der Waals surface area (Å²) in [5, 5.41) is 0. The van der Waals surface area contributed by atoms with Gasteiger partial charge in [0.25, 0.3) is 0 Å². The van der Waals surface area contributed by atoms with Crippen LogP contribution in [0, 0.1) is 23.7 Å². The van der Waals surface area contributed by atoms with Crippen LogP contribution in [0.25, 0.3) is 24.3 Å². The molecule has 0 spiro atoms. The summed E-state index contributed by atoms with van der Waals surface area (Å²) in [5.74, 6) is 13.8. The minimum atomic E-state index is 0.0945. The second-order valence-electron chi connectivity index (χ2n) is 13.4. The molecule has 0 aliphatic carbocycles. The van der Waals surface area contributed by atoms with Crippen molar-refractivity contribution >= 4 is 24.3 Å². The number of aromatic nitrogens is 2. The number of pyridine rings is 2. The summed E-state index contributed by atoms with van der Waals surface area (Å²) in [5.41, 5.74) is 10.6. The minimum absolute atomic E-state index is 0.0945. The Morgan fingerprint density at radius 3 is 1.20 bits per heavy atom. The molecule has 2 heteroatoms. The van der Waals surface area contributed by atoms with E-state index in [2.05, 4.69) is 160 Å². The third-order valence-corrected chi connectivity index (χ3v) is 7.69. The average molecular weight is 597 g/mol. The van der Waals surface area contributed by atoms with Crippen molar-refractivity contribution in [1.82, 2.24) is 9.97 Å². The van der Waals surface area contributed by atoms with E-state index in [4.69, 9.17) is 0 Å². The van der Waals surface area contributed by atoms with E-state index in [-0.39, 0.29) is 10.8 Å². The van der Waals surface area contributed by atoms with Crippen molar-refractivity contribution in [3.8, 4) is 23.7 Å². The lowest BCUT2D eigenvalue weighted by atomic mass is 9.87. The predicted molar refractivity (Wildman–Crippen MR) is 195 cm³/mol. The molecule has 2 heterocycles. The van der Waals surface area contributed by atoms with Crippen molar-refractivity contribution in [2.45, 2.75) is 52.4 Å². The van der Waals surface area contributed by atoms with Crippen LogP contribution in [-0.2, 0) is 10.8 Å². The molecule has 226 valence electrons. The van der Waals surface area contributed by atoms with Gasteiger partial charge in [-0.25, -0.2) is 0 Å². The zero-order valence-electron chi connectivity index (χ0n) is 27.6. The molecule has 0 bridgehead atoms. The highest BCUT2D eigenvalue weighted by Gasteiger charge is 2.13. The van der Waals surface area contributed by atoms with Crippen molar-refractivity contribution < 1.29 is 0 Å². The summed E-state index contributed by atoms with van der Waals surface area (Å²) in [6.07, 6.45) is 15.6. The Morgan fingerprint density at radius 1 is 0.478 bits per heavy atom. The van der Waals surface area contributed by atoms with Crippen LogP contribution in [0.2, 0.25) is 0 Å². The maximum atomic E-state index is 4.27. The van der Waals surface area contributed by atoms with E-state index in [1.165, 1.54) is 11.1 Å². The highest BCUT2D eigenvalue weighted by Crippen LogP contribution is 2.25. The van der Waals surface area contributed by atoms with Gasteiger partial charge in [-0.1, -0.05) is 126 Å². The summed E-state index contributed by atoms with van der Waals surface area (Å²) in [6.45, 7) is 13.3. The molecule has 0 radical (unpaired) electrons. The molecule has 3 aromatic carbocycles. The van der Waals surface area contributed by atoms with E-state index in [0.717, 1.165) is 44.5 Å². The van der Waals surface area contributed by atoms with E-state index in [9.17, 15) is 0 Å². The molecule has 0 aliphatic heterocycles. The fraction of sp³-hybridized carbons (Fsp3) is 0.182. The Kier molecular flexibility index (Phi) is 9.81. The number of hydrogen-bond donors (Lipinski definition) is 0. The molecule has 0 fully saturated rings. The van der Waals surface area contributed by atoms with Crippen LogP contribution < -0.4 is 0 Å². The Bertz CT molecular complexity index is 1810. The first kappa shape index (κ1) is 32.0. The second-order valence-corrected chi connectivity index (χ2v) is 13.4. The number of rotatable bonds is 4. The van der Waals surface area contributed by atoms with Gasteiger partial charge >= 0.3 is 0 Å². The van der Waals surface area contributed by atoms with Gasteiger partial charge in [-0.2, -0.15) is 0 Å². The Balaban J connectivity index is 1.61. The highest BCUT2D eigenvalue weighted by atomic mass is 14.6. The van der Waals surface area contributed by atoms with Crippen molar-refractivity contribution in [2.24, 2.45) is 0 Å². The third kappa shape index (κ3) is 8.81. The molecule has 5 rings (SSSR count). The number of nitrogens with zero attached hydrogens (tertiary/aromatic N) is 2. The zero-order chi connectivity index (χ0) is 32.6. The Morgan fingerprint density at radius 2 is 0.870 bits per heavy atom. The maximum absolute atomic E-state index is 4.27. The smallest absolute Gasteiger partial charge is 0.0340 e. The topological polar surface area (TPSA) is 25.8 Å². The first-order valence-electron chi connectivity index (χ1n) is 15.6. The van der Waals surface area contributed by atoms with Gasteiger partial charge in [-0.15, -0.1) is 0 Å². The van der Waals surface area contributed by atoms with Crippen LogP contribution in [-0.4, -0.2) is 9.97 Å². The summed E-state index contributed by atoms with van der Waals surface area (Å²) in [7, 11) is 0. The van der Waals surface area contributed by atoms with Crippen LogP contribution in [0.1, 0.15) is 97.2 Å². The maximum Gasteiger partial charge on any atom is 0.0340 e. The summed E-state index contributed by atoms with van der Waals surface area (Å²) < 4.78 is 0. The van der Waals surface area contributed by atoms with Crippen molar-refractivity contribution in [3.05, 3.63) is 165 Å². The molecule has 5 aromatic rings. The van der Waals surface area contributed by atoms with E-state index < -0.39 is 0 Å². The monoisotopic (exact) mass is 596 g/mol. The van der Waals surface area contributed by atoms with Gasteiger partial charge in [-0.3, -0.25) is 9.97 Å². The molecule has 46 heavy (non-hydrogen) atoms. The summed E-state index contributed by atoms with van der Waals surface area (Å²) in [6, 6.07) is 29.3. The first-order chi connectivity index (χ1) is 22.0. The van der Waals surface area contributed by atoms with E-state index in [1.807, 2.05) is 36.7 Å². The molecular weight excluding hydrogens is 556 g/mol. The van der Waals surface area contributed by atoms with Crippen LogP contribution in [0.5, 0.6) is 0 Å². The fourth-order valence-electron chi connectivity index (χ4n) is 4.83. The predicted octanol–water partition coefficient (Wildman–Crippen LogP) is 10.2. The van der Waals surface area contributed by atoms with E-state index in [1.54, 1.807) is 12.4 Å². The highest BCUT2D eigenvalue weighted by molar-refractivity contribution is 5.79. The minimum Gasteiger partial charge on any atom is -0.264 e. The lowest BCUT2D eigenvalue weighted by molar-refractivity contribution is 0.590. The summed E-state index contributed by atoms with van der Waals surface area (Å²) in [4.78, 5) is 8.55. The van der Waals surface area contributed by atoms with Gasteiger partial charge in [0.2, 0.25) is 0 Å². The number of hydrogen-bond acceptors (Lipinski definition) is 2. The molecule has 2 aromatic heterocycles. The lowest BCUT2D eigenvalue weighted by Crippen LogP contribution is -2.10. The van der Waals surface area contributed by atoms with Gasteiger partial charge in [-0.05, 0) is 92.7 Å². The standard InChI is InChI=1S/C44H40N2/c1-43(2,3)41-23-15-33(16-24-41)11-19-37-29-40(22-14-36-10-8-28-46-32-36)38(30-39(37)21-13-35-9-7-27-45-31-35)20-12-34-17-25-42(26-18-34)44(4,5)6/h7-10,13-18,21-32H,1-6H3/b21-13+,22-14+. The van der Waals surface area contributed by atoms with Gasteiger partial charge < -0.3 is 0 Å². The second kappa shape index (κ2) is 14.1. The quantitative estimate of drug-likeness (QED) is 0.193. The van der Waals surface area contributed by atoms with E-state index >= 15 is 0 Å². The van der Waals surface area contributed by atoms with Gasteiger partial charge in [0.1, 0.15) is 0 Å². The molecule has 2 nitrogen and oxygen atoms in total. The molecule has 0 atom stereocenters. The third-order valence-electron chi connectivity index (χ3n) is 7.69. The SMILES string of the molecule is CC(C)(C)c1ccc(C#Cc2cc(/C=C/c3cccnc3)c(C#Cc3ccc(C(C)(C)C)cc3)cc2/C=C/c2cccnc2)cc1. The largest absolute Gasteiger partial charge is 0.264 e. The molecular formula is C44H40N2. The normalized spacial score (nSPS) is 11.6. The molecule has 0 saturated heterocycles. The van der Waals surface area contributed by atoms with Gasteiger partial charge in [0.15, 0.2) is 0 Å². The Labute approximate surface area is 275 Å². The van der Waals surface area contributed by atoms with Crippen molar-refractivity contribution in [2.75, 3.05) is 0 Å². The van der Waals surface area contributed by atoms with Crippen molar-refractivity contribution in [3.63, 3.8) is 0 Å². The molecule has 0 saturated carbocycles. The van der Waals surface area contributed by atoms with Crippen LogP contribution in [0.3, 0.4) is 0 Å². The molecule has 0 N–H and O–H groups in total. The molecule has 0 amide bonds. The van der Waals surface area contributed by atoms with Crippen LogP contribution in [0.15, 0.2) is 110 Å². The zero-order valence-corrected chi connectivity index (χ0v) is 27.6. The van der Waals surface area contributed by atoms with Crippen LogP contribution in [0.4, 0.5) is 0 Å². The van der Waals surface area contributed by atoms with Crippen molar-refractivity contribution in [1.29, 1.82) is 0 Å². The first-order valence-corrected chi connectivity index (χ1v) is 15.6. The number of benzene rings is 3. The average Bonchev–Trinajstić information content (AvgIpc) is 3.05. The molecule has 0 unspecified atom stereocenters. The van der Waals surface area contributed by atoms with E-state index in [0.29, 0.717) is 0 Å². The Hall–Kier alpha value is -5.44. The van der Waals surface area contributed by atoms with Gasteiger partial charge in [0.05, 0.1) is 0 Å². The fourth-order valence-corrected chi connectivity index (χ4v) is 4.83. The van der Waals surface area contributed by atoms with Crippen LogP contribution >= 0.6 is 0 Å².